The van der Waals surface area contributed by atoms with Gasteiger partial charge in [0.15, 0.2) is 0 Å². The molecule has 2 nitrogen and oxygen atoms in total. The molecule has 3 rings (SSSR count). The second-order valence-electron chi connectivity index (χ2n) is 6.48. The van der Waals surface area contributed by atoms with E-state index in [0.29, 0.717) is 12.8 Å². The molecular formula is C19H23NO. The van der Waals surface area contributed by atoms with Gasteiger partial charge in [-0.25, -0.2) is 0 Å². The molecule has 2 aromatic carbocycles. The number of aryl methyl sites for hydroxylation is 3. The molecule has 0 aromatic heterocycles. The van der Waals surface area contributed by atoms with Crippen molar-refractivity contribution in [1.82, 2.24) is 0 Å². The summed E-state index contributed by atoms with van der Waals surface area (Å²) in [7, 11) is 0. The smallest absolute Gasteiger partial charge is 0.0958 e. The van der Waals surface area contributed by atoms with Crippen molar-refractivity contribution in [3.63, 3.8) is 0 Å². The minimum atomic E-state index is -0.846. The van der Waals surface area contributed by atoms with Crippen molar-refractivity contribution in [2.24, 2.45) is 5.73 Å². The summed E-state index contributed by atoms with van der Waals surface area (Å²) < 4.78 is 0. The van der Waals surface area contributed by atoms with Gasteiger partial charge in [-0.05, 0) is 55.0 Å². The number of benzene rings is 2. The molecule has 110 valence electrons. The molecule has 0 saturated heterocycles. The summed E-state index contributed by atoms with van der Waals surface area (Å²) >= 11 is 0. The zero-order valence-electron chi connectivity index (χ0n) is 13.0. The van der Waals surface area contributed by atoms with E-state index in [1.54, 1.807) is 0 Å². The third-order valence-electron chi connectivity index (χ3n) is 4.73. The summed E-state index contributed by atoms with van der Waals surface area (Å²) in [6, 6.07) is 12.3. The molecule has 0 saturated carbocycles. The van der Waals surface area contributed by atoms with Crippen LogP contribution in [0.5, 0.6) is 0 Å². The van der Waals surface area contributed by atoms with Gasteiger partial charge in [-0.15, -0.1) is 0 Å². The van der Waals surface area contributed by atoms with Gasteiger partial charge in [0.2, 0.25) is 0 Å². The van der Waals surface area contributed by atoms with Crippen LogP contribution in [0, 0.1) is 20.8 Å². The van der Waals surface area contributed by atoms with Crippen molar-refractivity contribution in [1.29, 1.82) is 0 Å². The summed E-state index contributed by atoms with van der Waals surface area (Å²) in [6.45, 7) is 6.36. The van der Waals surface area contributed by atoms with E-state index in [9.17, 15) is 5.11 Å². The number of rotatable bonds is 2. The highest BCUT2D eigenvalue weighted by Crippen LogP contribution is 2.44. The average molecular weight is 281 g/mol. The minimum absolute atomic E-state index is 0.0720. The van der Waals surface area contributed by atoms with E-state index < -0.39 is 5.60 Å². The molecule has 0 bridgehead atoms. The van der Waals surface area contributed by atoms with Gasteiger partial charge in [-0.2, -0.15) is 0 Å². The molecule has 2 atom stereocenters. The van der Waals surface area contributed by atoms with Crippen LogP contribution in [-0.4, -0.2) is 5.11 Å². The standard InChI is InChI=1S/C19H23NO/c1-12-8-13(2)16(14(3)9-12)10-19(21)11-18(20)15-6-4-5-7-17(15)19/h4-9,18,21H,10-11,20H2,1-3H3. The predicted octanol–water partition coefficient (Wildman–Crippen LogP) is 3.45. The fraction of sp³-hybridized carbons (Fsp3) is 0.368. The Morgan fingerprint density at radius 2 is 1.76 bits per heavy atom. The molecule has 0 radical (unpaired) electrons. The number of hydrogen-bond donors (Lipinski definition) is 2. The normalized spacial score (nSPS) is 24.1. The molecule has 3 N–H and O–H groups in total. The largest absolute Gasteiger partial charge is 0.385 e. The van der Waals surface area contributed by atoms with Crippen LogP contribution < -0.4 is 5.73 Å². The summed E-state index contributed by atoms with van der Waals surface area (Å²) in [4.78, 5) is 0. The van der Waals surface area contributed by atoms with Crippen LogP contribution >= 0.6 is 0 Å². The van der Waals surface area contributed by atoms with Crippen LogP contribution in [0.2, 0.25) is 0 Å². The number of aliphatic hydroxyl groups is 1. The lowest BCUT2D eigenvalue weighted by atomic mass is 9.85. The van der Waals surface area contributed by atoms with Gasteiger partial charge in [0, 0.05) is 12.5 Å². The first-order chi connectivity index (χ1) is 9.90. The fourth-order valence-corrected chi connectivity index (χ4v) is 3.78. The molecule has 0 heterocycles. The molecule has 21 heavy (non-hydrogen) atoms. The Kier molecular flexibility index (Phi) is 3.39. The molecule has 2 aromatic rings. The lowest BCUT2D eigenvalue weighted by molar-refractivity contribution is 0.0339. The van der Waals surface area contributed by atoms with Crippen molar-refractivity contribution in [2.45, 2.75) is 45.3 Å². The zero-order valence-corrected chi connectivity index (χ0v) is 13.0. The summed E-state index contributed by atoms with van der Waals surface area (Å²) in [5, 5.41) is 11.2. The van der Waals surface area contributed by atoms with Crippen molar-refractivity contribution in [2.75, 3.05) is 0 Å². The van der Waals surface area contributed by atoms with E-state index in [1.807, 2.05) is 24.3 Å². The second-order valence-corrected chi connectivity index (χ2v) is 6.48. The maximum absolute atomic E-state index is 11.2. The van der Waals surface area contributed by atoms with Gasteiger partial charge in [0.25, 0.3) is 0 Å². The third kappa shape index (κ3) is 2.39. The maximum atomic E-state index is 11.2. The number of nitrogens with two attached hydrogens (primary N) is 1. The summed E-state index contributed by atoms with van der Waals surface area (Å²) in [6.07, 6.45) is 1.23. The molecule has 1 aliphatic rings. The highest BCUT2D eigenvalue weighted by atomic mass is 16.3. The molecule has 0 amide bonds. The highest BCUT2D eigenvalue weighted by Gasteiger charge is 2.41. The number of hydrogen-bond acceptors (Lipinski definition) is 2. The maximum Gasteiger partial charge on any atom is 0.0958 e. The van der Waals surface area contributed by atoms with E-state index in [1.165, 1.54) is 22.3 Å². The topological polar surface area (TPSA) is 46.2 Å². The van der Waals surface area contributed by atoms with Crippen LogP contribution in [0.15, 0.2) is 36.4 Å². The monoisotopic (exact) mass is 281 g/mol. The Morgan fingerprint density at radius 3 is 2.43 bits per heavy atom. The van der Waals surface area contributed by atoms with Gasteiger partial charge in [-0.1, -0.05) is 42.0 Å². The SMILES string of the molecule is Cc1cc(C)c(CC2(O)CC(N)c3ccccc32)c(C)c1. The molecule has 0 aliphatic heterocycles. The second kappa shape index (κ2) is 4.97. The summed E-state index contributed by atoms with van der Waals surface area (Å²) in [5.74, 6) is 0. The quantitative estimate of drug-likeness (QED) is 0.885. The van der Waals surface area contributed by atoms with Crippen LogP contribution in [-0.2, 0) is 12.0 Å². The van der Waals surface area contributed by atoms with Crippen molar-refractivity contribution in [3.05, 3.63) is 69.8 Å². The zero-order chi connectivity index (χ0) is 15.2. The Bertz CT molecular complexity index is 669. The van der Waals surface area contributed by atoms with Gasteiger partial charge in [-0.3, -0.25) is 0 Å². The molecule has 1 aliphatic carbocycles. The van der Waals surface area contributed by atoms with E-state index in [2.05, 4.69) is 32.9 Å². The fourth-order valence-electron chi connectivity index (χ4n) is 3.78. The van der Waals surface area contributed by atoms with E-state index in [-0.39, 0.29) is 6.04 Å². The van der Waals surface area contributed by atoms with E-state index in [4.69, 9.17) is 5.73 Å². The molecular weight excluding hydrogens is 258 g/mol. The average Bonchev–Trinajstić information content (AvgIpc) is 2.67. The number of fused-ring (bicyclic) bond motifs is 1. The van der Waals surface area contributed by atoms with Gasteiger partial charge < -0.3 is 10.8 Å². The first kappa shape index (κ1) is 14.3. The third-order valence-corrected chi connectivity index (χ3v) is 4.73. The molecule has 2 heteroatoms. The van der Waals surface area contributed by atoms with Crippen molar-refractivity contribution >= 4 is 0 Å². The van der Waals surface area contributed by atoms with Crippen LogP contribution in [0.1, 0.15) is 45.8 Å². The van der Waals surface area contributed by atoms with Gasteiger partial charge >= 0.3 is 0 Å². The van der Waals surface area contributed by atoms with E-state index >= 15 is 0 Å². The lowest BCUT2D eigenvalue weighted by Crippen LogP contribution is -2.27. The van der Waals surface area contributed by atoms with E-state index in [0.717, 1.165) is 11.1 Å². The van der Waals surface area contributed by atoms with Crippen LogP contribution in [0.3, 0.4) is 0 Å². The Hall–Kier alpha value is -1.64. The first-order valence-corrected chi connectivity index (χ1v) is 7.55. The van der Waals surface area contributed by atoms with Crippen LogP contribution in [0.4, 0.5) is 0 Å². The Labute approximate surface area is 126 Å². The van der Waals surface area contributed by atoms with Crippen molar-refractivity contribution in [3.8, 4) is 0 Å². The Balaban J connectivity index is 2.03. The van der Waals surface area contributed by atoms with Gasteiger partial charge in [0.1, 0.15) is 0 Å². The highest BCUT2D eigenvalue weighted by molar-refractivity contribution is 5.44. The summed E-state index contributed by atoms with van der Waals surface area (Å²) in [5.41, 5.74) is 12.5. The van der Waals surface area contributed by atoms with Gasteiger partial charge in [0.05, 0.1) is 5.60 Å². The lowest BCUT2D eigenvalue weighted by Gasteiger charge is -2.26. The first-order valence-electron chi connectivity index (χ1n) is 7.55. The molecule has 0 fully saturated rings. The minimum Gasteiger partial charge on any atom is -0.385 e. The van der Waals surface area contributed by atoms with Crippen molar-refractivity contribution < 1.29 is 5.11 Å². The predicted molar refractivity (Wildman–Crippen MR) is 86.2 cm³/mol. The Morgan fingerprint density at radius 1 is 1.14 bits per heavy atom. The molecule has 2 unspecified atom stereocenters. The van der Waals surface area contributed by atoms with Crippen LogP contribution in [0.25, 0.3) is 0 Å². The molecule has 0 spiro atoms.